The van der Waals surface area contributed by atoms with Gasteiger partial charge in [-0.05, 0) is 29.3 Å². The maximum absolute atomic E-state index is 10.5. The number of aliphatic hydroxyl groups excluding tert-OH is 1. The van der Waals surface area contributed by atoms with Crippen molar-refractivity contribution in [3.8, 4) is 22.4 Å². The highest BCUT2D eigenvalue weighted by atomic mass is 16.3. The molecule has 0 radical (unpaired) electrons. The molecule has 0 bridgehead atoms. The molecule has 0 saturated carbocycles. The standard InChI is InChI=1S/C25H25N3O/c1-28(18-24(29)21-10-6-3-7-11-21)17-23-16-26-27-25(23)22-14-12-20(13-15-22)19-8-4-2-5-9-19/h2-16,24,29H,17-18H2,1H3,(H,26,27)/t24-/m1/s1. The van der Waals surface area contributed by atoms with Gasteiger partial charge < -0.3 is 5.11 Å². The summed E-state index contributed by atoms with van der Waals surface area (Å²) in [6.07, 6.45) is 1.35. The lowest BCUT2D eigenvalue weighted by atomic mass is 10.0. The van der Waals surface area contributed by atoms with Crippen molar-refractivity contribution in [2.75, 3.05) is 13.6 Å². The summed E-state index contributed by atoms with van der Waals surface area (Å²) in [5, 5.41) is 17.9. The van der Waals surface area contributed by atoms with Gasteiger partial charge in [-0.3, -0.25) is 10.00 Å². The predicted octanol–water partition coefficient (Wildman–Crippen LogP) is 4.91. The van der Waals surface area contributed by atoms with Gasteiger partial charge in [0.2, 0.25) is 0 Å². The normalized spacial score (nSPS) is 12.2. The lowest BCUT2D eigenvalue weighted by Gasteiger charge is -2.21. The molecule has 2 N–H and O–H groups in total. The third-order valence-corrected chi connectivity index (χ3v) is 5.11. The second-order valence-corrected chi connectivity index (χ2v) is 7.34. The molecule has 146 valence electrons. The van der Waals surface area contributed by atoms with E-state index >= 15 is 0 Å². The van der Waals surface area contributed by atoms with Gasteiger partial charge in [-0.1, -0.05) is 84.9 Å². The molecule has 0 unspecified atom stereocenters. The molecule has 0 aliphatic carbocycles. The molecule has 4 nitrogen and oxygen atoms in total. The molecule has 1 heterocycles. The van der Waals surface area contributed by atoms with E-state index in [1.807, 2.05) is 49.6 Å². The van der Waals surface area contributed by atoms with Crippen LogP contribution in [0.4, 0.5) is 0 Å². The Morgan fingerprint density at radius 2 is 1.41 bits per heavy atom. The van der Waals surface area contributed by atoms with Crippen LogP contribution in [0.25, 0.3) is 22.4 Å². The smallest absolute Gasteiger partial charge is 0.0916 e. The number of likely N-dealkylation sites (N-methyl/N-ethyl adjacent to an activating group) is 1. The topological polar surface area (TPSA) is 52.2 Å². The van der Waals surface area contributed by atoms with E-state index in [4.69, 9.17) is 0 Å². The molecule has 4 heteroatoms. The fourth-order valence-electron chi connectivity index (χ4n) is 3.57. The molecule has 1 aromatic heterocycles. The molecular weight excluding hydrogens is 358 g/mol. The van der Waals surface area contributed by atoms with Crippen LogP contribution in [-0.2, 0) is 6.54 Å². The number of hydrogen-bond donors (Lipinski definition) is 2. The Bertz CT molecular complexity index is 1030. The van der Waals surface area contributed by atoms with Crippen LogP contribution in [0, 0.1) is 0 Å². The Kier molecular flexibility index (Phi) is 5.84. The van der Waals surface area contributed by atoms with Gasteiger partial charge in [0.15, 0.2) is 0 Å². The lowest BCUT2D eigenvalue weighted by Crippen LogP contribution is -2.24. The molecular formula is C25H25N3O. The Morgan fingerprint density at radius 3 is 2.10 bits per heavy atom. The third kappa shape index (κ3) is 4.62. The molecule has 4 aromatic rings. The summed E-state index contributed by atoms with van der Waals surface area (Å²) in [5.41, 5.74) is 6.57. The van der Waals surface area contributed by atoms with Gasteiger partial charge in [-0.2, -0.15) is 5.10 Å². The summed E-state index contributed by atoms with van der Waals surface area (Å²) in [5.74, 6) is 0. The Hall–Kier alpha value is -3.21. The molecule has 0 aliphatic rings. The number of H-pyrrole nitrogens is 1. The number of aromatic nitrogens is 2. The molecule has 0 aliphatic heterocycles. The maximum Gasteiger partial charge on any atom is 0.0916 e. The summed E-state index contributed by atoms with van der Waals surface area (Å²) in [7, 11) is 2.02. The zero-order valence-corrected chi connectivity index (χ0v) is 16.5. The van der Waals surface area contributed by atoms with E-state index in [0.29, 0.717) is 13.1 Å². The molecule has 0 spiro atoms. The predicted molar refractivity (Wildman–Crippen MR) is 117 cm³/mol. The minimum atomic E-state index is -0.512. The summed E-state index contributed by atoms with van der Waals surface area (Å²) < 4.78 is 0. The summed E-state index contributed by atoms with van der Waals surface area (Å²) >= 11 is 0. The van der Waals surface area contributed by atoms with Gasteiger partial charge in [0.25, 0.3) is 0 Å². The second kappa shape index (κ2) is 8.86. The van der Waals surface area contributed by atoms with Gasteiger partial charge in [0, 0.05) is 18.7 Å². The van der Waals surface area contributed by atoms with Crippen LogP contribution in [0.5, 0.6) is 0 Å². The number of rotatable bonds is 7. The zero-order valence-electron chi connectivity index (χ0n) is 16.5. The van der Waals surface area contributed by atoms with Crippen molar-refractivity contribution in [1.29, 1.82) is 0 Å². The van der Waals surface area contributed by atoms with E-state index < -0.39 is 6.10 Å². The van der Waals surface area contributed by atoms with E-state index in [0.717, 1.165) is 22.4 Å². The number of nitrogens with zero attached hydrogens (tertiary/aromatic N) is 2. The highest BCUT2D eigenvalue weighted by Gasteiger charge is 2.14. The van der Waals surface area contributed by atoms with Gasteiger partial charge in [-0.15, -0.1) is 0 Å². The van der Waals surface area contributed by atoms with Crippen LogP contribution >= 0.6 is 0 Å². The zero-order chi connectivity index (χ0) is 20.1. The first-order valence-electron chi connectivity index (χ1n) is 9.80. The Morgan fingerprint density at radius 1 is 0.828 bits per heavy atom. The monoisotopic (exact) mass is 383 g/mol. The number of aliphatic hydroxyl groups is 1. The van der Waals surface area contributed by atoms with Gasteiger partial charge in [0.1, 0.15) is 0 Å². The van der Waals surface area contributed by atoms with Crippen LogP contribution in [0.15, 0.2) is 91.1 Å². The van der Waals surface area contributed by atoms with E-state index in [2.05, 4.69) is 63.6 Å². The van der Waals surface area contributed by atoms with Crippen LogP contribution in [0.2, 0.25) is 0 Å². The third-order valence-electron chi connectivity index (χ3n) is 5.11. The molecule has 1 atom stereocenters. The maximum atomic E-state index is 10.5. The SMILES string of the molecule is CN(Cc1cn[nH]c1-c1ccc(-c2ccccc2)cc1)C[C@@H](O)c1ccccc1. The quantitative estimate of drug-likeness (QED) is 0.477. The van der Waals surface area contributed by atoms with Crippen LogP contribution in [0.3, 0.4) is 0 Å². The van der Waals surface area contributed by atoms with Crippen LogP contribution < -0.4 is 0 Å². The summed E-state index contributed by atoms with van der Waals surface area (Å²) in [4.78, 5) is 2.12. The summed E-state index contributed by atoms with van der Waals surface area (Å²) in [6, 6.07) is 28.6. The molecule has 0 fully saturated rings. The first kappa shape index (κ1) is 19.1. The number of aromatic amines is 1. The van der Waals surface area contributed by atoms with Crippen molar-refractivity contribution < 1.29 is 5.11 Å². The average molecular weight is 383 g/mol. The highest BCUT2D eigenvalue weighted by molar-refractivity contribution is 5.69. The van der Waals surface area contributed by atoms with E-state index in [1.165, 1.54) is 11.1 Å². The summed E-state index contributed by atoms with van der Waals surface area (Å²) in [6.45, 7) is 1.26. The van der Waals surface area contributed by atoms with Crippen molar-refractivity contribution in [2.45, 2.75) is 12.6 Å². The van der Waals surface area contributed by atoms with Crippen LogP contribution in [0.1, 0.15) is 17.2 Å². The van der Waals surface area contributed by atoms with E-state index in [1.54, 1.807) is 0 Å². The number of benzene rings is 3. The molecule has 0 saturated heterocycles. The first-order valence-corrected chi connectivity index (χ1v) is 9.80. The Labute approximate surface area is 171 Å². The fraction of sp³-hybridized carbons (Fsp3) is 0.160. The first-order chi connectivity index (χ1) is 14.2. The number of nitrogens with one attached hydrogen (secondary N) is 1. The molecule has 3 aromatic carbocycles. The van der Waals surface area contributed by atoms with Crippen molar-refractivity contribution in [3.63, 3.8) is 0 Å². The lowest BCUT2D eigenvalue weighted by molar-refractivity contribution is 0.124. The molecule has 0 amide bonds. The minimum Gasteiger partial charge on any atom is -0.387 e. The minimum absolute atomic E-state index is 0.512. The Balaban J connectivity index is 1.46. The number of hydrogen-bond acceptors (Lipinski definition) is 3. The van der Waals surface area contributed by atoms with Crippen molar-refractivity contribution in [1.82, 2.24) is 15.1 Å². The second-order valence-electron chi connectivity index (χ2n) is 7.34. The van der Waals surface area contributed by atoms with Gasteiger partial charge in [0.05, 0.1) is 18.0 Å². The molecule has 29 heavy (non-hydrogen) atoms. The largest absolute Gasteiger partial charge is 0.387 e. The van der Waals surface area contributed by atoms with Crippen LogP contribution in [-0.4, -0.2) is 33.8 Å². The van der Waals surface area contributed by atoms with Crippen molar-refractivity contribution in [2.24, 2.45) is 0 Å². The van der Waals surface area contributed by atoms with Crippen molar-refractivity contribution in [3.05, 3.63) is 102 Å². The van der Waals surface area contributed by atoms with Gasteiger partial charge >= 0.3 is 0 Å². The molecule has 4 rings (SSSR count). The average Bonchev–Trinajstić information content (AvgIpc) is 3.23. The van der Waals surface area contributed by atoms with E-state index in [-0.39, 0.29) is 0 Å². The van der Waals surface area contributed by atoms with Gasteiger partial charge in [-0.25, -0.2) is 0 Å². The fourth-order valence-corrected chi connectivity index (χ4v) is 3.57. The van der Waals surface area contributed by atoms with Crippen molar-refractivity contribution >= 4 is 0 Å². The van der Waals surface area contributed by atoms with E-state index in [9.17, 15) is 5.11 Å². The highest BCUT2D eigenvalue weighted by Crippen LogP contribution is 2.26.